The van der Waals surface area contributed by atoms with Crippen molar-refractivity contribution in [2.75, 3.05) is 6.54 Å². The number of carbonyl (C=O) groups is 2. The molecule has 0 radical (unpaired) electrons. The molecule has 0 aromatic heterocycles. The summed E-state index contributed by atoms with van der Waals surface area (Å²) in [6, 6.07) is 9.46. The smallest absolute Gasteiger partial charge is 0.407 e. The second kappa shape index (κ2) is 7.07. The van der Waals surface area contributed by atoms with Gasteiger partial charge in [0, 0.05) is 12.6 Å². The molecule has 5 nitrogen and oxygen atoms in total. The zero-order valence-corrected chi connectivity index (χ0v) is 14.8. The third-order valence-corrected chi connectivity index (χ3v) is 3.99. The lowest BCUT2D eigenvalue weighted by Crippen LogP contribution is -2.61. The first-order valence-electron chi connectivity index (χ1n) is 8.20. The van der Waals surface area contributed by atoms with Gasteiger partial charge in [-0.25, -0.2) is 4.79 Å². The van der Waals surface area contributed by atoms with Crippen LogP contribution in [0.5, 0.6) is 0 Å². The van der Waals surface area contributed by atoms with Crippen molar-refractivity contribution in [3.05, 3.63) is 48.6 Å². The van der Waals surface area contributed by atoms with Gasteiger partial charge >= 0.3 is 6.09 Å². The quantitative estimate of drug-likeness (QED) is 0.666. The monoisotopic (exact) mass is 330 g/mol. The molecule has 2 rings (SSSR count). The van der Waals surface area contributed by atoms with E-state index in [2.05, 4.69) is 11.9 Å². The standard InChI is InChI=1S/C19H26N2O3/c1-6-12-21-16(14-10-8-7-9-11-14)15(17(21)22)13(2)20-18(23)24-19(3,4)5/h6-11,13,15-16H,1,12H2,2-5H3,(H,20,23)/t13-,15+,16+/m0/s1. The van der Waals surface area contributed by atoms with Crippen LogP contribution in [0, 0.1) is 5.92 Å². The van der Waals surface area contributed by atoms with Gasteiger partial charge in [-0.15, -0.1) is 6.58 Å². The van der Waals surface area contributed by atoms with Gasteiger partial charge in [0.1, 0.15) is 5.60 Å². The van der Waals surface area contributed by atoms with Crippen molar-refractivity contribution in [2.45, 2.75) is 45.4 Å². The fraction of sp³-hybridized carbons (Fsp3) is 0.474. The van der Waals surface area contributed by atoms with E-state index in [0.29, 0.717) is 6.54 Å². The molecule has 0 saturated carbocycles. The minimum Gasteiger partial charge on any atom is -0.444 e. The van der Waals surface area contributed by atoms with Gasteiger partial charge in [-0.1, -0.05) is 36.4 Å². The average molecular weight is 330 g/mol. The Labute approximate surface area is 143 Å². The highest BCUT2D eigenvalue weighted by atomic mass is 16.6. The minimum absolute atomic E-state index is 0.0207. The Hall–Kier alpha value is -2.30. The number of likely N-dealkylation sites (tertiary alicyclic amines) is 1. The van der Waals surface area contributed by atoms with Crippen LogP contribution in [-0.4, -0.2) is 35.1 Å². The van der Waals surface area contributed by atoms with Crippen LogP contribution in [0.25, 0.3) is 0 Å². The Kier molecular flexibility index (Phi) is 5.32. The summed E-state index contributed by atoms with van der Waals surface area (Å²) in [6.45, 7) is 11.5. The highest BCUT2D eigenvalue weighted by Crippen LogP contribution is 2.41. The molecular formula is C19H26N2O3. The number of β-lactam (4-membered cyclic amide) rings is 1. The lowest BCUT2D eigenvalue weighted by molar-refractivity contribution is -0.157. The number of ether oxygens (including phenoxy) is 1. The molecule has 1 heterocycles. The lowest BCUT2D eigenvalue weighted by Gasteiger charge is -2.49. The van der Waals surface area contributed by atoms with Gasteiger partial charge in [0.2, 0.25) is 5.91 Å². The van der Waals surface area contributed by atoms with Crippen LogP contribution in [0.1, 0.15) is 39.3 Å². The number of nitrogens with one attached hydrogen (secondary N) is 1. The molecule has 0 aliphatic carbocycles. The molecular weight excluding hydrogens is 304 g/mol. The largest absolute Gasteiger partial charge is 0.444 e. The summed E-state index contributed by atoms with van der Waals surface area (Å²) in [4.78, 5) is 26.3. The van der Waals surface area contributed by atoms with E-state index in [1.54, 1.807) is 11.0 Å². The van der Waals surface area contributed by atoms with E-state index in [1.807, 2.05) is 58.0 Å². The number of carbonyl (C=O) groups excluding carboxylic acids is 2. The Morgan fingerprint density at radius 2 is 2.00 bits per heavy atom. The predicted molar refractivity (Wildman–Crippen MR) is 93.4 cm³/mol. The third-order valence-electron chi connectivity index (χ3n) is 3.99. The van der Waals surface area contributed by atoms with Crippen molar-refractivity contribution in [1.82, 2.24) is 10.2 Å². The van der Waals surface area contributed by atoms with Crippen LogP contribution < -0.4 is 5.32 Å². The molecule has 130 valence electrons. The van der Waals surface area contributed by atoms with E-state index >= 15 is 0 Å². The van der Waals surface area contributed by atoms with Gasteiger partial charge in [-0.2, -0.15) is 0 Å². The maximum Gasteiger partial charge on any atom is 0.407 e. The van der Waals surface area contributed by atoms with Gasteiger partial charge in [-0.3, -0.25) is 4.79 Å². The van der Waals surface area contributed by atoms with Crippen LogP contribution in [0.2, 0.25) is 0 Å². The molecule has 24 heavy (non-hydrogen) atoms. The molecule has 1 saturated heterocycles. The van der Waals surface area contributed by atoms with Gasteiger partial charge in [-0.05, 0) is 33.3 Å². The molecule has 1 aliphatic rings. The maximum absolute atomic E-state index is 12.5. The maximum atomic E-state index is 12.5. The van der Waals surface area contributed by atoms with Crippen molar-refractivity contribution in [3.63, 3.8) is 0 Å². The summed E-state index contributed by atoms with van der Waals surface area (Å²) in [5.74, 6) is -0.285. The van der Waals surface area contributed by atoms with E-state index in [-0.39, 0.29) is 23.9 Å². The summed E-state index contributed by atoms with van der Waals surface area (Å²) < 4.78 is 5.29. The highest BCUT2D eigenvalue weighted by Gasteiger charge is 2.50. The number of hydrogen-bond acceptors (Lipinski definition) is 3. The molecule has 1 N–H and O–H groups in total. The van der Waals surface area contributed by atoms with Crippen molar-refractivity contribution in [1.29, 1.82) is 0 Å². The summed E-state index contributed by atoms with van der Waals surface area (Å²) in [7, 11) is 0. The van der Waals surface area contributed by atoms with Gasteiger partial charge in [0.05, 0.1) is 12.0 Å². The van der Waals surface area contributed by atoms with E-state index in [9.17, 15) is 9.59 Å². The molecule has 0 unspecified atom stereocenters. The SMILES string of the molecule is C=CCN1C(=O)[C@H]([C@H](C)NC(=O)OC(C)(C)C)[C@H]1c1ccccc1. The lowest BCUT2D eigenvalue weighted by atomic mass is 9.78. The van der Waals surface area contributed by atoms with E-state index in [0.717, 1.165) is 5.56 Å². The Balaban J connectivity index is 2.13. The fourth-order valence-corrected chi connectivity index (χ4v) is 3.03. The molecule has 0 bridgehead atoms. The van der Waals surface area contributed by atoms with Gasteiger partial charge < -0.3 is 15.0 Å². The number of alkyl carbamates (subject to hydrolysis) is 1. The first kappa shape index (κ1) is 18.0. The molecule has 3 atom stereocenters. The second-order valence-electron chi connectivity index (χ2n) is 7.10. The van der Waals surface area contributed by atoms with Crippen molar-refractivity contribution in [3.8, 4) is 0 Å². The number of rotatable bonds is 5. The third kappa shape index (κ3) is 3.96. The van der Waals surface area contributed by atoms with E-state index in [4.69, 9.17) is 4.74 Å². The molecule has 5 heteroatoms. The van der Waals surface area contributed by atoms with E-state index < -0.39 is 11.7 Å². The highest BCUT2D eigenvalue weighted by molar-refractivity contribution is 5.88. The van der Waals surface area contributed by atoms with Gasteiger partial charge in [0.15, 0.2) is 0 Å². The van der Waals surface area contributed by atoms with E-state index in [1.165, 1.54) is 0 Å². The number of nitrogens with zero attached hydrogens (tertiary/aromatic N) is 1. The Morgan fingerprint density at radius 1 is 1.38 bits per heavy atom. The van der Waals surface area contributed by atoms with Crippen molar-refractivity contribution >= 4 is 12.0 Å². The number of amides is 2. The van der Waals surface area contributed by atoms with Crippen LogP contribution >= 0.6 is 0 Å². The average Bonchev–Trinajstić information content (AvgIpc) is 2.48. The summed E-state index contributed by atoms with van der Waals surface area (Å²) >= 11 is 0. The molecule has 1 aromatic rings. The predicted octanol–water partition coefficient (Wildman–Crippen LogP) is 3.29. The van der Waals surface area contributed by atoms with Crippen molar-refractivity contribution in [2.24, 2.45) is 5.92 Å². The molecule has 0 spiro atoms. The topological polar surface area (TPSA) is 58.6 Å². The molecule has 1 aliphatic heterocycles. The normalized spacial score (nSPS) is 21.7. The first-order chi connectivity index (χ1) is 11.2. The minimum atomic E-state index is -0.568. The first-order valence-corrected chi connectivity index (χ1v) is 8.20. The molecule has 1 aromatic carbocycles. The number of benzene rings is 1. The number of hydrogen-bond donors (Lipinski definition) is 1. The van der Waals surface area contributed by atoms with Crippen LogP contribution in [0.3, 0.4) is 0 Å². The fourth-order valence-electron chi connectivity index (χ4n) is 3.03. The Bertz CT molecular complexity index is 607. The van der Waals surface area contributed by atoms with Crippen LogP contribution in [-0.2, 0) is 9.53 Å². The molecule has 1 fully saturated rings. The zero-order valence-electron chi connectivity index (χ0n) is 14.8. The zero-order chi connectivity index (χ0) is 17.9. The Morgan fingerprint density at radius 3 is 2.54 bits per heavy atom. The van der Waals surface area contributed by atoms with Gasteiger partial charge in [0.25, 0.3) is 0 Å². The summed E-state index contributed by atoms with van der Waals surface area (Å²) in [6.07, 6.45) is 1.22. The summed E-state index contributed by atoms with van der Waals surface area (Å²) in [5, 5.41) is 2.80. The van der Waals surface area contributed by atoms with Crippen LogP contribution in [0.4, 0.5) is 4.79 Å². The molecule has 2 amide bonds. The van der Waals surface area contributed by atoms with Crippen LogP contribution in [0.15, 0.2) is 43.0 Å². The second-order valence-corrected chi connectivity index (χ2v) is 7.10. The van der Waals surface area contributed by atoms with Crippen molar-refractivity contribution < 1.29 is 14.3 Å². The summed E-state index contributed by atoms with van der Waals surface area (Å²) in [5.41, 5.74) is 0.489.